The first kappa shape index (κ1) is 10.0. The molecule has 78 valence electrons. The minimum atomic E-state index is -0.238. The summed E-state index contributed by atoms with van der Waals surface area (Å²) in [6.45, 7) is 2.36. The molecule has 5 heteroatoms. The van der Waals surface area contributed by atoms with Gasteiger partial charge in [0.2, 0.25) is 0 Å². The van der Waals surface area contributed by atoms with Crippen molar-refractivity contribution >= 4 is 17.2 Å². The van der Waals surface area contributed by atoms with Gasteiger partial charge in [0.05, 0.1) is 17.9 Å². The van der Waals surface area contributed by atoms with Crippen LogP contribution in [0.5, 0.6) is 0 Å². The van der Waals surface area contributed by atoms with E-state index in [9.17, 15) is 4.39 Å². The molecule has 0 aliphatic carbocycles. The molecular formula is C10H10FN3S. The van der Waals surface area contributed by atoms with Crippen LogP contribution in [0, 0.1) is 12.7 Å². The third-order valence-electron chi connectivity index (χ3n) is 2.07. The van der Waals surface area contributed by atoms with Crippen molar-refractivity contribution in [1.82, 2.24) is 9.59 Å². The molecule has 2 rings (SSSR count). The molecule has 0 aliphatic rings. The molecule has 0 radical (unpaired) electrons. The monoisotopic (exact) mass is 223 g/mol. The van der Waals surface area contributed by atoms with E-state index >= 15 is 0 Å². The first-order valence-corrected chi connectivity index (χ1v) is 5.36. The number of aryl methyl sites for hydroxylation is 1. The fourth-order valence-electron chi connectivity index (χ4n) is 1.30. The van der Waals surface area contributed by atoms with E-state index in [1.165, 1.54) is 17.6 Å². The maximum Gasteiger partial charge on any atom is 0.146 e. The smallest absolute Gasteiger partial charge is 0.146 e. The number of para-hydroxylation sites is 1. The molecule has 0 aliphatic heterocycles. The molecule has 1 aromatic heterocycles. The van der Waals surface area contributed by atoms with E-state index < -0.39 is 0 Å². The molecule has 3 nitrogen and oxygen atoms in total. The summed E-state index contributed by atoms with van der Waals surface area (Å²) >= 11 is 1.29. The van der Waals surface area contributed by atoms with Crippen LogP contribution in [0.3, 0.4) is 0 Å². The van der Waals surface area contributed by atoms with E-state index in [0.717, 1.165) is 11.3 Å². The van der Waals surface area contributed by atoms with Crippen molar-refractivity contribution in [3.63, 3.8) is 0 Å². The van der Waals surface area contributed by atoms with Gasteiger partial charge in [0.15, 0.2) is 0 Å². The SMILES string of the molecule is Cc1cccc(F)c1NCc1csnn1. The molecule has 2 aromatic rings. The summed E-state index contributed by atoms with van der Waals surface area (Å²) in [5.41, 5.74) is 2.24. The Morgan fingerprint density at radius 3 is 3.00 bits per heavy atom. The molecule has 1 heterocycles. The van der Waals surface area contributed by atoms with E-state index in [0.29, 0.717) is 12.2 Å². The molecule has 0 saturated heterocycles. The Labute approximate surface area is 91.1 Å². The zero-order valence-corrected chi connectivity index (χ0v) is 9.01. The predicted molar refractivity (Wildman–Crippen MR) is 58.4 cm³/mol. The lowest BCUT2D eigenvalue weighted by molar-refractivity contribution is 0.629. The van der Waals surface area contributed by atoms with Crippen LogP contribution in [0.1, 0.15) is 11.3 Å². The van der Waals surface area contributed by atoms with Crippen molar-refractivity contribution in [1.29, 1.82) is 0 Å². The van der Waals surface area contributed by atoms with E-state index in [1.54, 1.807) is 6.07 Å². The van der Waals surface area contributed by atoms with Gasteiger partial charge >= 0.3 is 0 Å². The summed E-state index contributed by atoms with van der Waals surface area (Å²) in [5, 5.41) is 8.72. The molecule has 0 amide bonds. The minimum Gasteiger partial charge on any atom is -0.377 e. The van der Waals surface area contributed by atoms with Gasteiger partial charge in [-0.05, 0) is 30.1 Å². The molecule has 0 atom stereocenters. The number of nitrogens with one attached hydrogen (secondary N) is 1. The molecule has 0 bridgehead atoms. The van der Waals surface area contributed by atoms with Gasteiger partial charge in [-0.25, -0.2) is 4.39 Å². The van der Waals surface area contributed by atoms with Crippen molar-refractivity contribution in [2.24, 2.45) is 0 Å². The summed E-state index contributed by atoms with van der Waals surface area (Å²) < 4.78 is 17.1. The van der Waals surface area contributed by atoms with Crippen LogP contribution in [0.25, 0.3) is 0 Å². The first-order chi connectivity index (χ1) is 7.27. The highest BCUT2D eigenvalue weighted by Gasteiger charge is 2.04. The van der Waals surface area contributed by atoms with Crippen molar-refractivity contribution < 1.29 is 4.39 Å². The Kier molecular flexibility index (Phi) is 2.91. The zero-order valence-electron chi connectivity index (χ0n) is 8.20. The molecule has 0 unspecified atom stereocenters. The Morgan fingerprint density at radius 2 is 2.33 bits per heavy atom. The first-order valence-electron chi connectivity index (χ1n) is 4.52. The standard InChI is InChI=1S/C10H10FN3S/c1-7-3-2-4-9(11)10(7)12-5-8-6-15-14-13-8/h2-4,6,12H,5H2,1H3. The summed E-state index contributed by atoms with van der Waals surface area (Å²) in [6.07, 6.45) is 0. The number of halogens is 1. The second-order valence-electron chi connectivity index (χ2n) is 3.18. The topological polar surface area (TPSA) is 37.8 Å². The summed E-state index contributed by atoms with van der Waals surface area (Å²) in [6, 6.07) is 5.00. The minimum absolute atomic E-state index is 0.238. The van der Waals surface area contributed by atoms with Gasteiger partial charge in [0.25, 0.3) is 0 Å². The molecule has 0 spiro atoms. The van der Waals surface area contributed by atoms with Crippen molar-refractivity contribution in [2.45, 2.75) is 13.5 Å². The average molecular weight is 223 g/mol. The Hall–Kier alpha value is -1.49. The van der Waals surface area contributed by atoms with Gasteiger partial charge in [-0.1, -0.05) is 16.6 Å². The number of nitrogens with zero attached hydrogens (tertiary/aromatic N) is 2. The van der Waals surface area contributed by atoms with Crippen LogP contribution in [0.15, 0.2) is 23.6 Å². The van der Waals surface area contributed by atoms with Crippen LogP contribution < -0.4 is 5.32 Å². The lowest BCUT2D eigenvalue weighted by atomic mass is 10.2. The maximum absolute atomic E-state index is 13.4. The Bertz CT molecular complexity index is 422. The second kappa shape index (κ2) is 4.35. The normalized spacial score (nSPS) is 10.3. The van der Waals surface area contributed by atoms with Gasteiger partial charge in [0.1, 0.15) is 5.82 Å². The fourth-order valence-corrected chi connectivity index (χ4v) is 1.75. The van der Waals surface area contributed by atoms with Crippen LogP contribution in [0.4, 0.5) is 10.1 Å². The Morgan fingerprint density at radius 1 is 1.47 bits per heavy atom. The molecule has 0 saturated carbocycles. The summed E-state index contributed by atoms with van der Waals surface area (Å²) in [7, 11) is 0. The summed E-state index contributed by atoms with van der Waals surface area (Å²) in [5.74, 6) is -0.238. The molecular weight excluding hydrogens is 213 g/mol. The number of anilines is 1. The number of aromatic nitrogens is 2. The number of hydrogen-bond donors (Lipinski definition) is 1. The maximum atomic E-state index is 13.4. The largest absolute Gasteiger partial charge is 0.377 e. The van der Waals surface area contributed by atoms with Gasteiger partial charge in [-0.2, -0.15) is 0 Å². The van der Waals surface area contributed by atoms with Gasteiger partial charge in [-0.15, -0.1) is 5.10 Å². The average Bonchev–Trinajstić information content (AvgIpc) is 2.70. The van der Waals surface area contributed by atoms with Crippen LogP contribution in [-0.2, 0) is 6.54 Å². The highest BCUT2D eigenvalue weighted by molar-refractivity contribution is 7.03. The third-order valence-corrected chi connectivity index (χ3v) is 2.63. The van der Waals surface area contributed by atoms with Crippen LogP contribution in [-0.4, -0.2) is 9.59 Å². The van der Waals surface area contributed by atoms with Crippen LogP contribution in [0.2, 0.25) is 0 Å². The molecule has 1 N–H and O–H groups in total. The predicted octanol–water partition coefficient (Wildman–Crippen LogP) is 2.60. The molecule has 1 aromatic carbocycles. The number of rotatable bonds is 3. The quantitative estimate of drug-likeness (QED) is 0.869. The summed E-state index contributed by atoms with van der Waals surface area (Å²) in [4.78, 5) is 0. The second-order valence-corrected chi connectivity index (χ2v) is 3.79. The number of hydrogen-bond acceptors (Lipinski definition) is 4. The van der Waals surface area contributed by atoms with Crippen LogP contribution >= 0.6 is 11.5 Å². The van der Waals surface area contributed by atoms with E-state index in [4.69, 9.17) is 0 Å². The van der Waals surface area contributed by atoms with E-state index in [-0.39, 0.29) is 5.82 Å². The Balaban J connectivity index is 2.11. The third kappa shape index (κ3) is 2.30. The van der Waals surface area contributed by atoms with Crippen molar-refractivity contribution in [3.05, 3.63) is 40.7 Å². The van der Waals surface area contributed by atoms with Crippen molar-refractivity contribution in [2.75, 3.05) is 5.32 Å². The number of benzene rings is 1. The zero-order chi connectivity index (χ0) is 10.7. The molecule has 15 heavy (non-hydrogen) atoms. The van der Waals surface area contributed by atoms with Gasteiger partial charge < -0.3 is 5.32 Å². The van der Waals surface area contributed by atoms with Gasteiger partial charge in [-0.3, -0.25) is 0 Å². The van der Waals surface area contributed by atoms with E-state index in [1.807, 2.05) is 18.4 Å². The molecule has 0 fully saturated rings. The fraction of sp³-hybridized carbons (Fsp3) is 0.200. The van der Waals surface area contributed by atoms with Crippen molar-refractivity contribution in [3.8, 4) is 0 Å². The lowest BCUT2D eigenvalue weighted by Crippen LogP contribution is -2.03. The highest BCUT2D eigenvalue weighted by Crippen LogP contribution is 2.19. The van der Waals surface area contributed by atoms with Gasteiger partial charge in [0, 0.05) is 5.38 Å². The van der Waals surface area contributed by atoms with E-state index in [2.05, 4.69) is 14.9 Å². The lowest BCUT2D eigenvalue weighted by Gasteiger charge is -2.08. The highest BCUT2D eigenvalue weighted by atomic mass is 32.1.